The molecule has 0 saturated carbocycles. The number of benzene rings is 2. The summed E-state index contributed by atoms with van der Waals surface area (Å²) < 4.78 is 26.5. The molecule has 138 valence electrons. The smallest absolute Gasteiger partial charge is 0.257 e. The highest BCUT2D eigenvalue weighted by atomic mass is 19.1. The van der Waals surface area contributed by atoms with Crippen LogP contribution in [0, 0.1) is 11.6 Å². The van der Waals surface area contributed by atoms with Crippen LogP contribution < -0.4 is 15.5 Å². The minimum Gasteiger partial charge on any atom is -0.378 e. The number of carbonyl (C=O) groups is 1. The summed E-state index contributed by atoms with van der Waals surface area (Å²) in [5.74, 6) is -1.51. The van der Waals surface area contributed by atoms with Gasteiger partial charge in [-0.05, 0) is 48.5 Å². The number of anilines is 4. The maximum absolute atomic E-state index is 13.6. The van der Waals surface area contributed by atoms with Gasteiger partial charge in [-0.1, -0.05) is 0 Å². The van der Waals surface area contributed by atoms with Crippen molar-refractivity contribution in [1.82, 2.24) is 4.98 Å². The van der Waals surface area contributed by atoms with Gasteiger partial charge in [-0.15, -0.1) is 0 Å². The molecule has 5 nitrogen and oxygen atoms in total. The van der Waals surface area contributed by atoms with E-state index in [-0.39, 0.29) is 11.3 Å². The Balaban J connectivity index is 1.66. The molecule has 0 saturated heterocycles. The third-order valence-corrected chi connectivity index (χ3v) is 3.86. The lowest BCUT2D eigenvalue weighted by atomic mass is 10.2. The first-order valence-corrected chi connectivity index (χ1v) is 8.19. The van der Waals surface area contributed by atoms with Crippen LogP contribution in [0.4, 0.5) is 31.7 Å². The molecule has 27 heavy (non-hydrogen) atoms. The zero-order chi connectivity index (χ0) is 19.4. The Bertz CT molecular complexity index is 941. The summed E-state index contributed by atoms with van der Waals surface area (Å²) in [6, 6.07) is 14.0. The van der Waals surface area contributed by atoms with Gasteiger partial charge in [0, 0.05) is 37.7 Å². The molecular weight excluding hydrogens is 350 g/mol. The molecule has 7 heteroatoms. The molecule has 0 atom stereocenters. The van der Waals surface area contributed by atoms with Gasteiger partial charge < -0.3 is 15.5 Å². The maximum Gasteiger partial charge on any atom is 0.257 e. The number of hydrogen-bond donors (Lipinski definition) is 2. The lowest BCUT2D eigenvalue weighted by Crippen LogP contribution is -2.13. The van der Waals surface area contributed by atoms with Crippen LogP contribution in [0.25, 0.3) is 0 Å². The van der Waals surface area contributed by atoms with Crippen LogP contribution in [0.3, 0.4) is 0 Å². The van der Waals surface area contributed by atoms with Gasteiger partial charge in [-0.3, -0.25) is 4.79 Å². The number of hydrogen-bond acceptors (Lipinski definition) is 4. The van der Waals surface area contributed by atoms with E-state index in [0.717, 1.165) is 17.4 Å². The van der Waals surface area contributed by atoms with E-state index in [0.29, 0.717) is 11.9 Å². The first-order chi connectivity index (χ1) is 12.9. The summed E-state index contributed by atoms with van der Waals surface area (Å²) in [5.41, 5.74) is 2.10. The van der Waals surface area contributed by atoms with E-state index in [1.807, 2.05) is 43.3 Å². The molecule has 2 aromatic carbocycles. The zero-order valence-corrected chi connectivity index (χ0v) is 14.8. The summed E-state index contributed by atoms with van der Waals surface area (Å²) >= 11 is 0. The minimum atomic E-state index is -0.837. The summed E-state index contributed by atoms with van der Waals surface area (Å²) in [4.78, 5) is 18.4. The Morgan fingerprint density at radius 1 is 1.00 bits per heavy atom. The highest BCUT2D eigenvalue weighted by Gasteiger charge is 2.10. The fourth-order valence-corrected chi connectivity index (χ4v) is 2.38. The number of amides is 1. The van der Waals surface area contributed by atoms with Crippen LogP contribution in [0.1, 0.15) is 10.4 Å². The van der Waals surface area contributed by atoms with E-state index in [1.54, 1.807) is 12.1 Å². The van der Waals surface area contributed by atoms with Gasteiger partial charge in [0.25, 0.3) is 5.91 Å². The second-order valence-electron chi connectivity index (χ2n) is 6.08. The highest BCUT2D eigenvalue weighted by molar-refractivity contribution is 6.04. The van der Waals surface area contributed by atoms with E-state index in [9.17, 15) is 13.6 Å². The third kappa shape index (κ3) is 4.58. The van der Waals surface area contributed by atoms with Gasteiger partial charge in [0.15, 0.2) is 0 Å². The fourth-order valence-electron chi connectivity index (χ4n) is 2.38. The van der Waals surface area contributed by atoms with Crippen molar-refractivity contribution < 1.29 is 13.6 Å². The first kappa shape index (κ1) is 18.3. The van der Waals surface area contributed by atoms with Crippen LogP contribution in [0.2, 0.25) is 0 Å². The van der Waals surface area contributed by atoms with E-state index in [4.69, 9.17) is 0 Å². The second-order valence-corrected chi connectivity index (χ2v) is 6.08. The molecule has 0 unspecified atom stereocenters. The van der Waals surface area contributed by atoms with E-state index in [1.165, 1.54) is 12.3 Å². The maximum atomic E-state index is 13.6. The molecule has 0 spiro atoms. The number of pyridine rings is 1. The number of rotatable bonds is 5. The van der Waals surface area contributed by atoms with Gasteiger partial charge in [0.05, 0.1) is 11.3 Å². The van der Waals surface area contributed by atoms with Crippen molar-refractivity contribution in [2.75, 3.05) is 29.6 Å². The molecule has 3 rings (SSSR count). The van der Waals surface area contributed by atoms with Crippen molar-refractivity contribution in [1.29, 1.82) is 0 Å². The predicted octanol–water partition coefficient (Wildman–Crippen LogP) is 4.42. The SMILES string of the molecule is CN(C)c1ccc(Nc2ccc(C(=O)Nc3ccc(F)cc3F)cn2)cc1. The van der Waals surface area contributed by atoms with Crippen LogP contribution in [0.15, 0.2) is 60.8 Å². The number of nitrogens with one attached hydrogen (secondary N) is 2. The average molecular weight is 368 g/mol. The summed E-state index contributed by atoms with van der Waals surface area (Å²) in [5, 5.41) is 5.53. The molecule has 0 bridgehead atoms. The van der Waals surface area contributed by atoms with Crippen LogP contribution in [-0.4, -0.2) is 25.0 Å². The van der Waals surface area contributed by atoms with Crippen molar-refractivity contribution in [3.8, 4) is 0 Å². The third-order valence-electron chi connectivity index (χ3n) is 3.86. The molecule has 0 radical (unpaired) electrons. The standard InChI is InChI=1S/C20H18F2N4O/c1-26(2)16-7-5-15(6-8-16)24-19-10-3-13(12-23-19)20(27)25-18-9-4-14(21)11-17(18)22/h3-12H,1-2H3,(H,23,24)(H,25,27). The lowest BCUT2D eigenvalue weighted by Gasteiger charge is -2.13. The number of halogens is 2. The van der Waals surface area contributed by atoms with E-state index >= 15 is 0 Å². The Labute approximate surface area is 155 Å². The normalized spacial score (nSPS) is 10.4. The lowest BCUT2D eigenvalue weighted by molar-refractivity contribution is 0.102. The van der Waals surface area contributed by atoms with E-state index < -0.39 is 17.5 Å². The molecule has 3 aromatic rings. The Morgan fingerprint density at radius 3 is 2.33 bits per heavy atom. The molecule has 0 aliphatic heterocycles. The van der Waals surface area contributed by atoms with E-state index in [2.05, 4.69) is 15.6 Å². The quantitative estimate of drug-likeness (QED) is 0.700. The predicted molar refractivity (Wildman–Crippen MR) is 103 cm³/mol. The van der Waals surface area contributed by atoms with Crippen LogP contribution in [-0.2, 0) is 0 Å². The second kappa shape index (κ2) is 7.82. The molecule has 0 fully saturated rings. The molecule has 2 N–H and O–H groups in total. The average Bonchev–Trinajstić information content (AvgIpc) is 2.65. The molecule has 0 aliphatic carbocycles. The minimum absolute atomic E-state index is 0.0930. The van der Waals surface area contributed by atoms with Crippen molar-refractivity contribution >= 4 is 28.8 Å². The highest BCUT2D eigenvalue weighted by Crippen LogP contribution is 2.20. The Morgan fingerprint density at radius 2 is 1.74 bits per heavy atom. The van der Waals surface area contributed by atoms with Gasteiger partial charge in [0.1, 0.15) is 17.5 Å². The van der Waals surface area contributed by atoms with Crippen LogP contribution >= 0.6 is 0 Å². The number of nitrogens with zero attached hydrogens (tertiary/aromatic N) is 2. The van der Waals surface area contributed by atoms with Gasteiger partial charge in [-0.2, -0.15) is 0 Å². The first-order valence-electron chi connectivity index (χ1n) is 8.19. The van der Waals surface area contributed by atoms with Gasteiger partial charge >= 0.3 is 0 Å². The van der Waals surface area contributed by atoms with Crippen molar-refractivity contribution in [3.05, 3.63) is 78.0 Å². The largest absolute Gasteiger partial charge is 0.378 e. The van der Waals surface area contributed by atoms with Crippen molar-refractivity contribution in [3.63, 3.8) is 0 Å². The zero-order valence-electron chi connectivity index (χ0n) is 14.8. The molecule has 0 aliphatic rings. The van der Waals surface area contributed by atoms with Gasteiger partial charge in [-0.25, -0.2) is 13.8 Å². The van der Waals surface area contributed by atoms with Crippen LogP contribution in [0.5, 0.6) is 0 Å². The molecule has 1 amide bonds. The topological polar surface area (TPSA) is 57.3 Å². The van der Waals surface area contributed by atoms with Crippen molar-refractivity contribution in [2.24, 2.45) is 0 Å². The monoisotopic (exact) mass is 368 g/mol. The molecular formula is C20H18F2N4O. The Hall–Kier alpha value is -3.48. The summed E-state index contributed by atoms with van der Waals surface area (Å²) in [6.45, 7) is 0. The summed E-state index contributed by atoms with van der Waals surface area (Å²) in [6.07, 6.45) is 1.38. The molecule has 1 aromatic heterocycles. The summed E-state index contributed by atoms with van der Waals surface area (Å²) in [7, 11) is 3.93. The fraction of sp³-hybridized carbons (Fsp3) is 0.100. The Kier molecular flexibility index (Phi) is 5.30. The van der Waals surface area contributed by atoms with Crippen molar-refractivity contribution in [2.45, 2.75) is 0 Å². The number of aromatic nitrogens is 1. The van der Waals surface area contributed by atoms with Gasteiger partial charge in [0.2, 0.25) is 0 Å². The number of carbonyl (C=O) groups excluding carboxylic acids is 1. The molecule has 1 heterocycles.